The molecule has 3 rings (SSSR count). The molecule has 0 radical (unpaired) electrons. The Morgan fingerprint density at radius 2 is 2.05 bits per heavy atom. The summed E-state index contributed by atoms with van der Waals surface area (Å²) in [6.07, 6.45) is 2.31. The molecule has 20 heavy (non-hydrogen) atoms. The van der Waals surface area contributed by atoms with Crippen molar-refractivity contribution >= 4 is 10.9 Å². The zero-order valence-electron chi connectivity index (χ0n) is 11.4. The van der Waals surface area contributed by atoms with Gasteiger partial charge in [-0.2, -0.15) is 0 Å². The fraction of sp³-hybridized carbons (Fsp3) is 0.467. The molecule has 2 N–H and O–H groups in total. The summed E-state index contributed by atoms with van der Waals surface area (Å²) in [6, 6.07) is 7.35. The lowest BCUT2D eigenvalue weighted by Crippen LogP contribution is -2.30. The van der Waals surface area contributed by atoms with E-state index in [0.717, 1.165) is 38.1 Å². The Balaban J connectivity index is 1.64. The van der Waals surface area contributed by atoms with Gasteiger partial charge in [-0.3, -0.25) is 4.79 Å². The van der Waals surface area contributed by atoms with Crippen LogP contribution in [0.15, 0.2) is 29.1 Å². The molecule has 0 spiro atoms. The Morgan fingerprint density at radius 3 is 2.90 bits per heavy atom. The third-order valence-electron chi connectivity index (χ3n) is 3.71. The number of nitrogens with one attached hydrogen (secondary N) is 2. The van der Waals surface area contributed by atoms with Crippen LogP contribution in [-0.4, -0.2) is 29.7 Å². The largest absolute Gasteiger partial charge is 0.373 e. The van der Waals surface area contributed by atoms with Crippen LogP contribution >= 0.6 is 0 Å². The fourth-order valence-electron chi connectivity index (χ4n) is 2.57. The maximum atomic E-state index is 11.9. The Kier molecular flexibility index (Phi) is 4.08. The number of rotatable bonds is 4. The average Bonchev–Trinajstić information content (AvgIpc) is 2.48. The standard InChI is InChI=1S/C15H19N3O2/c19-15-12-3-1-2-4-13(12)17-14(18-15)10-20-9-11-5-7-16-8-6-11/h1-4,11,16H,5-10H2,(H,17,18,19). The zero-order chi connectivity index (χ0) is 13.8. The van der Waals surface area contributed by atoms with Crippen LogP contribution in [0.3, 0.4) is 0 Å². The Labute approximate surface area is 117 Å². The number of H-pyrrole nitrogens is 1. The smallest absolute Gasteiger partial charge is 0.258 e. The van der Waals surface area contributed by atoms with Gasteiger partial charge in [0.15, 0.2) is 0 Å². The average molecular weight is 273 g/mol. The summed E-state index contributed by atoms with van der Waals surface area (Å²) in [4.78, 5) is 19.1. The molecule has 0 saturated carbocycles. The van der Waals surface area contributed by atoms with E-state index < -0.39 is 0 Å². The van der Waals surface area contributed by atoms with Crippen LogP contribution in [0, 0.1) is 5.92 Å². The molecular weight excluding hydrogens is 254 g/mol. The zero-order valence-corrected chi connectivity index (χ0v) is 11.4. The second-order valence-electron chi connectivity index (χ2n) is 5.24. The van der Waals surface area contributed by atoms with E-state index in [1.54, 1.807) is 6.07 Å². The van der Waals surface area contributed by atoms with Crippen LogP contribution in [0.1, 0.15) is 18.7 Å². The van der Waals surface area contributed by atoms with Gasteiger partial charge in [-0.25, -0.2) is 4.98 Å². The molecule has 2 aromatic rings. The van der Waals surface area contributed by atoms with Gasteiger partial charge in [-0.15, -0.1) is 0 Å². The minimum absolute atomic E-state index is 0.101. The highest BCUT2D eigenvalue weighted by Crippen LogP contribution is 2.12. The molecule has 0 unspecified atom stereocenters. The third kappa shape index (κ3) is 3.05. The Hall–Kier alpha value is -1.72. The lowest BCUT2D eigenvalue weighted by atomic mass is 9.99. The lowest BCUT2D eigenvalue weighted by molar-refractivity contribution is 0.0724. The van der Waals surface area contributed by atoms with Crippen molar-refractivity contribution in [2.75, 3.05) is 19.7 Å². The number of hydrogen-bond acceptors (Lipinski definition) is 4. The lowest BCUT2D eigenvalue weighted by Gasteiger charge is -2.22. The molecule has 1 aliphatic rings. The van der Waals surface area contributed by atoms with Crippen LogP contribution < -0.4 is 10.9 Å². The van der Waals surface area contributed by atoms with Gasteiger partial charge in [0.25, 0.3) is 5.56 Å². The monoisotopic (exact) mass is 273 g/mol. The number of aromatic amines is 1. The summed E-state index contributed by atoms with van der Waals surface area (Å²) >= 11 is 0. The summed E-state index contributed by atoms with van der Waals surface area (Å²) in [7, 11) is 0. The topological polar surface area (TPSA) is 67.0 Å². The molecule has 1 saturated heterocycles. The first-order valence-electron chi connectivity index (χ1n) is 7.09. The first-order valence-corrected chi connectivity index (χ1v) is 7.09. The molecule has 0 aliphatic carbocycles. The molecule has 0 amide bonds. The van der Waals surface area contributed by atoms with Crippen molar-refractivity contribution < 1.29 is 4.74 Å². The van der Waals surface area contributed by atoms with Gasteiger partial charge >= 0.3 is 0 Å². The van der Waals surface area contributed by atoms with Gasteiger partial charge in [0.1, 0.15) is 12.4 Å². The minimum Gasteiger partial charge on any atom is -0.373 e. The number of fused-ring (bicyclic) bond motifs is 1. The Bertz CT molecular complexity index is 632. The number of benzene rings is 1. The molecule has 1 fully saturated rings. The third-order valence-corrected chi connectivity index (χ3v) is 3.71. The highest BCUT2D eigenvalue weighted by Gasteiger charge is 2.13. The molecule has 5 nitrogen and oxygen atoms in total. The molecule has 1 aliphatic heterocycles. The minimum atomic E-state index is -0.101. The predicted molar refractivity (Wildman–Crippen MR) is 77.6 cm³/mol. The number of piperidine rings is 1. The van der Waals surface area contributed by atoms with Crippen LogP contribution in [0.2, 0.25) is 0 Å². The van der Waals surface area contributed by atoms with E-state index in [2.05, 4.69) is 15.3 Å². The summed E-state index contributed by atoms with van der Waals surface area (Å²) < 4.78 is 5.70. The van der Waals surface area contributed by atoms with E-state index in [9.17, 15) is 4.79 Å². The van der Waals surface area contributed by atoms with Crippen LogP contribution in [-0.2, 0) is 11.3 Å². The van der Waals surface area contributed by atoms with E-state index in [-0.39, 0.29) is 5.56 Å². The Morgan fingerprint density at radius 1 is 1.25 bits per heavy atom. The maximum absolute atomic E-state index is 11.9. The molecule has 106 valence electrons. The number of ether oxygens (including phenoxy) is 1. The molecular formula is C15H19N3O2. The molecule has 2 heterocycles. The van der Waals surface area contributed by atoms with Crippen molar-refractivity contribution in [1.82, 2.24) is 15.3 Å². The maximum Gasteiger partial charge on any atom is 0.258 e. The van der Waals surface area contributed by atoms with Crippen molar-refractivity contribution in [2.24, 2.45) is 5.92 Å². The van der Waals surface area contributed by atoms with E-state index in [4.69, 9.17) is 4.74 Å². The second-order valence-corrected chi connectivity index (χ2v) is 5.24. The van der Waals surface area contributed by atoms with Crippen LogP contribution in [0.5, 0.6) is 0 Å². The quantitative estimate of drug-likeness (QED) is 0.884. The second kappa shape index (κ2) is 6.15. The first kappa shape index (κ1) is 13.3. The van der Waals surface area contributed by atoms with Gasteiger partial charge < -0.3 is 15.0 Å². The molecule has 1 aromatic heterocycles. The van der Waals surface area contributed by atoms with Crippen LogP contribution in [0.4, 0.5) is 0 Å². The van der Waals surface area contributed by atoms with Crippen molar-refractivity contribution in [2.45, 2.75) is 19.4 Å². The summed E-state index contributed by atoms with van der Waals surface area (Å²) in [5.41, 5.74) is 0.618. The number of nitrogens with zero attached hydrogens (tertiary/aromatic N) is 1. The number of aromatic nitrogens is 2. The number of hydrogen-bond donors (Lipinski definition) is 2. The van der Waals surface area contributed by atoms with E-state index >= 15 is 0 Å². The van der Waals surface area contributed by atoms with Gasteiger partial charge in [0.05, 0.1) is 17.5 Å². The summed E-state index contributed by atoms with van der Waals surface area (Å²) in [5, 5.41) is 3.96. The van der Waals surface area contributed by atoms with Crippen LogP contribution in [0.25, 0.3) is 10.9 Å². The molecule has 0 atom stereocenters. The molecule has 0 bridgehead atoms. The van der Waals surface area contributed by atoms with E-state index in [1.807, 2.05) is 18.2 Å². The molecule has 1 aromatic carbocycles. The normalized spacial score (nSPS) is 16.6. The van der Waals surface area contributed by atoms with Crippen molar-refractivity contribution in [1.29, 1.82) is 0 Å². The molecule has 5 heteroatoms. The highest BCUT2D eigenvalue weighted by atomic mass is 16.5. The van der Waals surface area contributed by atoms with Gasteiger partial charge in [0.2, 0.25) is 0 Å². The van der Waals surface area contributed by atoms with Crippen molar-refractivity contribution in [3.05, 3.63) is 40.4 Å². The summed E-state index contributed by atoms with van der Waals surface area (Å²) in [5.74, 6) is 1.21. The highest BCUT2D eigenvalue weighted by molar-refractivity contribution is 5.77. The number of para-hydroxylation sites is 1. The fourth-order valence-corrected chi connectivity index (χ4v) is 2.57. The predicted octanol–water partition coefficient (Wildman–Crippen LogP) is 1.44. The SMILES string of the molecule is O=c1[nH]c(COCC2CCNCC2)nc2ccccc12. The van der Waals surface area contributed by atoms with Gasteiger partial charge in [0, 0.05) is 0 Å². The summed E-state index contributed by atoms with van der Waals surface area (Å²) in [6.45, 7) is 3.24. The van der Waals surface area contributed by atoms with Crippen molar-refractivity contribution in [3.63, 3.8) is 0 Å². The van der Waals surface area contributed by atoms with E-state index in [0.29, 0.717) is 23.7 Å². The first-order chi connectivity index (χ1) is 9.83. The van der Waals surface area contributed by atoms with Gasteiger partial charge in [-0.1, -0.05) is 12.1 Å². The van der Waals surface area contributed by atoms with E-state index in [1.165, 1.54) is 0 Å². The van der Waals surface area contributed by atoms with Crippen molar-refractivity contribution in [3.8, 4) is 0 Å². The van der Waals surface area contributed by atoms with Gasteiger partial charge in [-0.05, 0) is 44.0 Å².